The Kier molecular flexibility index (Phi) is 4.67. The van der Waals surface area contributed by atoms with Crippen LogP contribution in [0.15, 0.2) is 85.3 Å². The maximum Gasteiger partial charge on any atom is 0.257 e. The van der Waals surface area contributed by atoms with E-state index in [9.17, 15) is 9.18 Å². The summed E-state index contributed by atoms with van der Waals surface area (Å²) in [4.78, 5) is 15.3. The van der Waals surface area contributed by atoms with Gasteiger partial charge in [-0.3, -0.25) is 9.48 Å². The van der Waals surface area contributed by atoms with Crippen LogP contribution in [0.4, 0.5) is 4.39 Å². The molecule has 3 atom stereocenters. The van der Waals surface area contributed by atoms with Crippen molar-refractivity contribution in [3.05, 3.63) is 113 Å². The van der Waals surface area contributed by atoms with Gasteiger partial charge in [-0.15, -0.1) is 0 Å². The summed E-state index contributed by atoms with van der Waals surface area (Å²) < 4.78 is 17.0. The maximum atomic E-state index is 13.5. The van der Waals surface area contributed by atoms with Crippen LogP contribution in [0.25, 0.3) is 16.6 Å². The van der Waals surface area contributed by atoms with Crippen LogP contribution in [-0.2, 0) is 12.5 Å². The molecule has 2 aliphatic rings. The lowest BCUT2D eigenvalue weighted by molar-refractivity contribution is 0.0769. The fourth-order valence-corrected chi connectivity index (χ4v) is 6.60. The van der Waals surface area contributed by atoms with Crippen LogP contribution >= 0.6 is 0 Å². The minimum absolute atomic E-state index is 0.0364. The smallest absolute Gasteiger partial charge is 0.257 e. The van der Waals surface area contributed by atoms with Crippen LogP contribution < -0.4 is 0 Å². The summed E-state index contributed by atoms with van der Waals surface area (Å²) in [5.74, 6) is 0.472. The van der Waals surface area contributed by atoms with Crippen molar-refractivity contribution in [1.29, 1.82) is 0 Å². The van der Waals surface area contributed by atoms with Crippen molar-refractivity contribution in [2.45, 2.75) is 18.3 Å². The minimum Gasteiger partial charge on any atom is -0.337 e. The van der Waals surface area contributed by atoms with E-state index < -0.39 is 0 Å². The highest BCUT2D eigenvalue weighted by atomic mass is 19.1. The highest BCUT2D eigenvalue weighted by molar-refractivity contribution is 5.94. The fraction of sp³-hybridized carbons (Fsp3) is 0.233. The monoisotopic (exact) mass is 491 g/mol. The summed E-state index contributed by atoms with van der Waals surface area (Å²) >= 11 is 0. The zero-order valence-electron chi connectivity index (χ0n) is 20.7. The molecule has 1 amide bonds. The molecule has 0 N–H and O–H groups in total. The molecule has 1 saturated carbocycles. The maximum absolute atomic E-state index is 13.5. The van der Waals surface area contributed by atoms with Gasteiger partial charge < -0.3 is 4.90 Å². The second-order valence-electron chi connectivity index (χ2n) is 10.4. The number of hydrogen-bond acceptors (Lipinski definition) is 3. The SMILES string of the molecule is Cc1cc2c(cnn2-c2ccc(F)cc2)cc1C12CN(C(=O)c3cnn(C)c3)CC1C2c1ccccc1. The van der Waals surface area contributed by atoms with Gasteiger partial charge in [-0.05, 0) is 65.9 Å². The normalized spacial score (nSPS) is 22.4. The Morgan fingerprint density at radius 3 is 2.54 bits per heavy atom. The van der Waals surface area contributed by atoms with E-state index in [-0.39, 0.29) is 17.1 Å². The molecule has 0 spiro atoms. The van der Waals surface area contributed by atoms with E-state index in [1.54, 1.807) is 29.2 Å². The molecule has 2 fully saturated rings. The molecule has 0 radical (unpaired) electrons. The van der Waals surface area contributed by atoms with Gasteiger partial charge in [0.15, 0.2) is 0 Å². The molecule has 3 unspecified atom stereocenters. The van der Waals surface area contributed by atoms with Gasteiger partial charge in [-0.25, -0.2) is 9.07 Å². The predicted octanol–water partition coefficient (Wildman–Crippen LogP) is 5.01. The van der Waals surface area contributed by atoms with E-state index in [1.807, 2.05) is 28.9 Å². The molecule has 2 aromatic heterocycles. The van der Waals surface area contributed by atoms with Gasteiger partial charge in [0.2, 0.25) is 0 Å². The second-order valence-corrected chi connectivity index (χ2v) is 10.4. The zero-order valence-corrected chi connectivity index (χ0v) is 20.7. The number of aryl methyl sites for hydroxylation is 2. The van der Waals surface area contributed by atoms with Crippen LogP contribution in [0.5, 0.6) is 0 Å². The molecule has 184 valence electrons. The lowest BCUT2D eigenvalue weighted by Crippen LogP contribution is -2.34. The summed E-state index contributed by atoms with van der Waals surface area (Å²) in [7, 11) is 1.83. The van der Waals surface area contributed by atoms with Gasteiger partial charge in [0.1, 0.15) is 5.82 Å². The van der Waals surface area contributed by atoms with E-state index >= 15 is 0 Å². The Morgan fingerprint density at radius 1 is 1.03 bits per heavy atom. The quantitative estimate of drug-likeness (QED) is 0.355. The third-order valence-corrected chi connectivity index (χ3v) is 8.26. The molecule has 0 bridgehead atoms. The van der Waals surface area contributed by atoms with E-state index in [1.165, 1.54) is 28.8 Å². The van der Waals surface area contributed by atoms with Crippen LogP contribution in [0.2, 0.25) is 0 Å². The molecule has 7 rings (SSSR count). The Bertz CT molecular complexity index is 1650. The summed E-state index contributed by atoms with van der Waals surface area (Å²) in [6, 6.07) is 21.5. The van der Waals surface area contributed by atoms with Crippen molar-refractivity contribution >= 4 is 16.8 Å². The summed E-state index contributed by atoms with van der Waals surface area (Å²) in [5, 5.41) is 9.86. The first kappa shape index (κ1) is 22.0. The van der Waals surface area contributed by atoms with Gasteiger partial charge in [0, 0.05) is 43.1 Å². The van der Waals surface area contributed by atoms with Crippen LogP contribution in [0.1, 0.15) is 33.0 Å². The molecule has 3 heterocycles. The number of aromatic nitrogens is 4. The predicted molar refractivity (Wildman–Crippen MR) is 139 cm³/mol. The average Bonchev–Trinajstić information content (AvgIpc) is 3.32. The Labute approximate surface area is 213 Å². The number of nitrogens with zero attached hydrogens (tertiary/aromatic N) is 5. The number of benzene rings is 3. The second kappa shape index (κ2) is 7.87. The number of rotatable bonds is 4. The lowest BCUT2D eigenvalue weighted by Gasteiger charge is -2.25. The molecular formula is C30H26FN5O. The number of piperidine rings is 1. The summed E-state index contributed by atoms with van der Waals surface area (Å²) in [5.41, 5.74) is 6.07. The Morgan fingerprint density at radius 2 is 1.81 bits per heavy atom. The summed E-state index contributed by atoms with van der Waals surface area (Å²) in [6.45, 7) is 3.54. The average molecular weight is 492 g/mol. The van der Waals surface area contributed by atoms with E-state index in [4.69, 9.17) is 0 Å². The largest absolute Gasteiger partial charge is 0.337 e. The van der Waals surface area contributed by atoms with Crippen molar-refractivity contribution in [1.82, 2.24) is 24.5 Å². The number of fused-ring (bicyclic) bond motifs is 2. The first-order valence-electron chi connectivity index (χ1n) is 12.5. The summed E-state index contributed by atoms with van der Waals surface area (Å²) in [6.07, 6.45) is 5.31. The number of halogens is 1. The van der Waals surface area contributed by atoms with Crippen molar-refractivity contribution in [2.75, 3.05) is 13.1 Å². The van der Waals surface area contributed by atoms with Crippen molar-refractivity contribution < 1.29 is 9.18 Å². The first-order chi connectivity index (χ1) is 18.0. The van der Waals surface area contributed by atoms with Crippen LogP contribution in [-0.4, -0.2) is 43.5 Å². The molecule has 37 heavy (non-hydrogen) atoms. The number of carbonyl (C=O) groups excluding carboxylic acids is 1. The van der Waals surface area contributed by atoms with E-state index in [2.05, 4.69) is 53.5 Å². The van der Waals surface area contributed by atoms with Crippen molar-refractivity contribution in [3.63, 3.8) is 0 Å². The third kappa shape index (κ3) is 3.26. The highest BCUT2D eigenvalue weighted by Gasteiger charge is 2.70. The third-order valence-electron chi connectivity index (χ3n) is 8.26. The van der Waals surface area contributed by atoms with Crippen molar-refractivity contribution in [3.8, 4) is 5.69 Å². The zero-order chi connectivity index (χ0) is 25.3. The molecule has 1 aliphatic carbocycles. The van der Waals surface area contributed by atoms with Crippen LogP contribution in [0, 0.1) is 18.7 Å². The van der Waals surface area contributed by atoms with Gasteiger partial charge >= 0.3 is 0 Å². The number of hydrogen-bond donors (Lipinski definition) is 0. The Hall–Kier alpha value is -4.26. The molecule has 1 aliphatic heterocycles. The molecule has 1 saturated heterocycles. The van der Waals surface area contributed by atoms with Gasteiger partial charge in [0.25, 0.3) is 5.91 Å². The van der Waals surface area contributed by atoms with E-state index in [0.717, 1.165) is 23.1 Å². The topological polar surface area (TPSA) is 56.0 Å². The lowest BCUT2D eigenvalue weighted by atomic mass is 9.86. The van der Waals surface area contributed by atoms with E-state index in [0.29, 0.717) is 23.9 Å². The Balaban J connectivity index is 1.31. The molecule has 5 aromatic rings. The molecule has 3 aromatic carbocycles. The standard InChI is InChI=1S/C30H26FN5O/c1-19-12-27-21(14-33-36(27)24-10-8-23(31)9-11-24)13-25(19)30-18-35(29(37)22-15-32-34(2)16-22)17-26(30)28(30)20-6-4-3-5-7-20/h3-16,26,28H,17-18H2,1-2H3. The molecule has 7 heteroatoms. The van der Waals surface area contributed by atoms with Crippen molar-refractivity contribution in [2.24, 2.45) is 13.0 Å². The number of carbonyl (C=O) groups is 1. The number of likely N-dealkylation sites (tertiary alicyclic amines) is 1. The minimum atomic E-state index is -0.267. The molecular weight excluding hydrogens is 465 g/mol. The molecule has 6 nitrogen and oxygen atoms in total. The van der Waals surface area contributed by atoms with Gasteiger partial charge in [-0.2, -0.15) is 10.2 Å². The first-order valence-corrected chi connectivity index (χ1v) is 12.5. The highest BCUT2D eigenvalue weighted by Crippen LogP contribution is 2.69. The van der Waals surface area contributed by atoms with Crippen LogP contribution in [0.3, 0.4) is 0 Å². The van der Waals surface area contributed by atoms with Gasteiger partial charge in [-0.1, -0.05) is 30.3 Å². The van der Waals surface area contributed by atoms with Gasteiger partial charge in [0.05, 0.1) is 29.2 Å². The number of amides is 1. The fourth-order valence-electron chi connectivity index (χ4n) is 6.60.